The fraction of sp³-hybridized carbons (Fsp3) is 0. The maximum atomic E-state index is 5.21. The van der Waals surface area contributed by atoms with E-state index in [1.165, 1.54) is 43.1 Å². The second-order valence-corrected chi connectivity index (χ2v) is 12.8. The topological polar surface area (TPSA) is 51.6 Å². The Morgan fingerprint density at radius 2 is 0.780 bits per heavy atom. The number of hydrogen-bond acceptors (Lipinski definition) is 4. The summed E-state index contributed by atoms with van der Waals surface area (Å²) in [4.78, 5) is 19.7. The highest BCUT2D eigenvalue weighted by atomic mass is 14.9. The van der Waals surface area contributed by atoms with Crippen LogP contribution in [-0.4, -0.2) is 19.9 Å². The standard InChI is InChI=1S/C46H28N4/c1-3-8-32-22-40-24-36(15-12-34(40)20-30(32)6-1)44-28-45(37-16-13-35-21-31-7-2-4-9-33(31)23-41(35)25-37)50-46(49-44)39-17-19-48-43(27-39)38-14-11-29-10-5-18-47-42(29)26-38/h1-28H. The van der Waals surface area contributed by atoms with Crippen LogP contribution in [0.5, 0.6) is 0 Å². The minimum atomic E-state index is 0.650. The van der Waals surface area contributed by atoms with Gasteiger partial charge in [-0.2, -0.15) is 0 Å². The second-order valence-electron chi connectivity index (χ2n) is 12.8. The van der Waals surface area contributed by atoms with Crippen molar-refractivity contribution in [3.63, 3.8) is 0 Å². The molecule has 0 unspecified atom stereocenters. The molecule has 0 aliphatic heterocycles. The van der Waals surface area contributed by atoms with E-state index in [2.05, 4.69) is 151 Å². The van der Waals surface area contributed by atoms with Gasteiger partial charge in [-0.15, -0.1) is 0 Å². The molecule has 0 fully saturated rings. The maximum absolute atomic E-state index is 5.21. The molecule has 232 valence electrons. The van der Waals surface area contributed by atoms with E-state index in [1.54, 1.807) is 0 Å². The quantitative estimate of drug-likeness (QED) is 0.180. The van der Waals surface area contributed by atoms with Crippen molar-refractivity contribution in [3.8, 4) is 45.2 Å². The van der Waals surface area contributed by atoms with Gasteiger partial charge < -0.3 is 0 Å². The lowest BCUT2D eigenvalue weighted by atomic mass is 9.98. The van der Waals surface area contributed by atoms with E-state index < -0.39 is 0 Å². The van der Waals surface area contributed by atoms with Gasteiger partial charge in [0.25, 0.3) is 0 Å². The summed E-state index contributed by atoms with van der Waals surface area (Å²) in [5.74, 6) is 0.650. The minimum Gasteiger partial charge on any atom is -0.256 e. The smallest absolute Gasteiger partial charge is 0.160 e. The van der Waals surface area contributed by atoms with E-state index in [1.807, 2.05) is 24.5 Å². The zero-order chi connectivity index (χ0) is 33.0. The normalized spacial score (nSPS) is 11.6. The van der Waals surface area contributed by atoms with Crippen LogP contribution in [0.4, 0.5) is 0 Å². The van der Waals surface area contributed by atoms with Crippen LogP contribution in [-0.2, 0) is 0 Å². The molecule has 50 heavy (non-hydrogen) atoms. The summed E-state index contributed by atoms with van der Waals surface area (Å²) in [6.07, 6.45) is 3.66. The monoisotopic (exact) mass is 636 g/mol. The molecule has 0 spiro atoms. The van der Waals surface area contributed by atoms with E-state index in [0.29, 0.717) is 5.82 Å². The van der Waals surface area contributed by atoms with Gasteiger partial charge >= 0.3 is 0 Å². The molecule has 0 radical (unpaired) electrons. The van der Waals surface area contributed by atoms with E-state index in [0.717, 1.165) is 50.2 Å². The molecule has 10 rings (SSSR count). The molecule has 4 heteroatoms. The fourth-order valence-corrected chi connectivity index (χ4v) is 7.02. The second kappa shape index (κ2) is 11.4. The van der Waals surface area contributed by atoms with Gasteiger partial charge in [0.2, 0.25) is 0 Å². The lowest BCUT2D eigenvalue weighted by Gasteiger charge is -2.12. The van der Waals surface area contributed by atoms with E-state index in [9.17, 15) is 0 Å². The first-order chi connectivity index (χ1) is 24.7. The lowest BCUT2D eigenvalue weighted by molar-refractivity contribution is 1.18. The Bertz CT molecular complexity index is 2810. The molecule has 0 saturated carbocycles. The van der Waals surface area contributed by atoms with Gasteiger partial charge in [-0.1, -0.05) is 91.0 Å². The predicted molar refractivity (Wildman–Crippen MR) is 207 cm³/mol. The predicted octanol–water partition coefficient (Wildman–Crippen LogP) is 11.7. The van der Waals surface area contributed by atoms with Crippen LogP contribution in [0.2, 0.25) is 0 Å². The Labute approximate surface area is 288 Å². The molecular weight excluding hydrogens is 609 g/mol. The molecule has 3 heterocycles. The van der Waals surface area contributed by atoms with Crippen molar-refractivity contribution >= 4 is 54.0 Å². The van der Waals surface area contributed by atoms with E-state index >= 15 is 0 Å². The number of fused-ring (bicyclic) bond motifs is 5. The average molecular weight is 637 g/mol. The van der Waals surface area contributed by atoms with Crippen molar-refractivity contribution in [3.05, 3.63) is 170 Å². The number of nitrogens with zero attached hydrogens (tertiary/aromatic N) is 4. The maximum Gasteiger partial charge on any atom is 0.160 e. The summed E-state index contributed by atoms with van der Waals surface area (Å²) in [6.45, 7) is 0. The zero-order valence-electron chi connectivity index (χ0n) is 27.0. The molecular formula is C46H28N4. The Balaban J connectivity index is 1.14. The highest BCUT2D eigenvalue weighted by Crippen LogP contribution is 2.34. The molecule has 7 aromatic carbocycles. The van der Waals surface area contributed by atoms with Gasteiger partial charge in [-0.05, 0) is 110 Å². The number of pyridine rings is 2. The van der Waals surface area contributed by atoms with Crippen LogP contribution in [0.25, 0.3) is 99.2 Å². The summed E-state index contributed by atoms with van der Waals surface area (Å²) in [5.41, 5.74) is 7.50. The van der Waals surface area contributed by atoms with E-state index in [4.69, 9.17) is 15.0 Å². The zero-order valence-corrected chi connectivity index (χ0v) is 27.0. The van der Waals surface area contributed by atoms with Crippen molar-refractivity contribution in [2.45, 2.75) is 0 Å². The lowest BCUT2D eigenvalue weighted by Crippen LogP contribution is -1.97. The minimum absolute atomic E-state index is 0.650. The molecule has 3 aromatic heterocycles. The number of hydrogen-bond donors (Lipinski definition) is 0. The van der Waals surface area contributed by atoms with Crippen LogP contribution in [0.15, 0.2) is 170 Å². The highest BCUT2D eigenvalue weighted by molar-refractivity contribution is 6.01. The highest BCUT2D eigenvalue weighted by Gasteiger charge is 2.14. The van der Waals surface area contributed by atoms with Crippen molar-refractivity contribution < 1.29 is 0 Å². The van der Waals surface area contributed by atoms with Crippen molar-refractivity contribution in [2.24, 2.45) is 0 Å². The third kappa shape index (κ3) is 5.02. The summed E-state index contributed by atoms with van der Waals surface area (Å²) in [5, 5.41) is 10.8. The molecule has 10 aromatic rings. The van der Waals surface area contributed by atoms with Crippen molar-refractivity contribution in [1.29, 1.82) is 0 Å². The van der Waals surface area contributed by atoms with Gasteiger partial charge in [0.05, 0.1) is 22.6 Å². The third-order valence-electron chi connectivity index (χ3n) is 9.65. The molecule has 0 bridgehead atoms. The molecule has 0 N–H and O–H groups in total. The Hall–Kier alpha value is -6.78. The van der Waals surface area contributed by atoms with Gasteiger partial charge in [0.1, 0.15) is 0 Å². The van der Waals surface area contributed by atoms with Gasteiger partial charge in [0, 0.05) is 40.0 Å². The first-order valence-electron chi connectivity index (χ1n) is 16.8. The summed E-state index contributed by atoms with van der Waals surface area (Å²) in [7, 11) is 0. The van der Waals surface area contributed by atoms with E-state index in [-0.39, 0.29) is 0 Å². The fourth-order valence-electron chi connectivity index (χ4n) is 7.02. The van der Waals surface area contributed by atoms with Crippen LogP contribution in [0.1, 0.15) is 0 Å². The molecule has 0 atom stereocenters. The third-order valence-corrected chi connectivity index (χ3v) is 9.65. The average Bonchev–Trinajstić information content (AvgIpc) is 3.18. The van der Waals surface area contributed by atoms with Gasteiger partial charge in [-0.25, -0.2) is 9.97 Å². The largest absolute Gasteiger partial charge is 0.256 e. The molecule has 0 aliphatic rings. The number of benzene rings is 7. The number of rotatable bonds is 4. The molecule has 0 saturated heterocycles. The van der Waals surface area contributed by atoms with Crippen LogP contribution in [0.3, 0.4) is 0 Å². The summed E-state index contributed by atoms with van der Waals surface area (Å²) >= 11 is 0. The summed E-state index contributed by atoms with van der Waals surface area (Å²) in [6, 6.07) is 55.7. The van der Waals surface area contributed by atoms with Crippen LogP contribution in [0, 0.1) is 0 Å². The van der Waals surface area contributed by atoms with Crippen LogP contribution < -0.4 is 0 Å². The van der Waals surface area contributed by atoms with Gasteiger partial charge in [0.15, 0.2) is 5.82 Å². The Morgan fingerprint density at radius 1 is 0.280 bits per heavy atom. The number of aromatic nitrogens is 4. The van der Waals surface area contributed by atoms with Gasteiger partial charge in [-0.3, -0.25) is 9.97 Å². The summed E-state index contributed by atoms with van der Waals surface area (Å²) < 4.78 is 0. The molecule has 4 nitrogen and oxygen atoms in total. The van der Waals surface area contributed by atoms with Crippen molar-refractivity contribution in [2.75, 3.05) is 0 Å². The molecule has 0 aliphatic carbocycles. The molecule has 0 amide bonds. The Kier molecular flexibility index (Phi) is 6.46. The van der Waals surface area contributed by atoms with Crippen molar-refractivity contribution in [1.82, 2.24) is 19.9 Å². The van der Waals surface area contributed by atoms with Crippen LogP contribution >= 0.6 is 0 Å². The first-order valence-corrected chi connectivity index (χ1v) is 16.8. The Morgan fingerprint density at radius 3 is 1.38 bits per heavy atom. The first kappa shape index (κ1) is 28.3. The SMILES string of the molecule is c1ccc2cc3cc(-c4cc(-c5ccc6cc7ccccc7cc6c5)nc(-c5ccnc(-c6ccc7cccnc7c6)c5)n4)ccc3cc2c1.